The van der Waals surface area contributed by atoms with Crippen LogP contribution < -0.4 is 4.74 Å². The van der Waals surface area contributed by atoms with Gasteiger partial charge in [-0.2, -0.15) is 5.26 Å². The zero-order chi connectivity index (χ0) is 24.7. The molecular weight excluding hydrogens is 430 g/mol. The molecule has 2 aromatic carbocycles. The minimum Gasteiger partial charge on any atom is -0.426 e. The van der Waals surface area contributed by atoms with Gasteiger partial charge in [-0.3, -0.25) is 4.79 Å². The monoisotopic (exact) mass is 473 g/mol. The predicted octanol–water partition coefficient (Wildman–Crippen LogP) is 8.51. The van der Waals surface area contributed by atoms with Crippen molar-refractivity contribution < 1.29 is 9.53 Å². The lowest BCUT2D eigenvalue weighted by molar-refractivity contribution is -0.140. The summed E-state index contributed by atoms with van der Waals surface area (Å²) in [5.41, 5.74) is 4.24. The van der Waals surface area contributed by atoms with Crippen LogP contribution in [0.4, 0.5) is 0 Å². The van der Waals surface area contributed by atoms with Crippen LogP contribution in [-0.2, 0) is 24.1 Å². The molecule has 188 valence electrons. The molecule has 0 bridgehead atoms. The number of aryl methyl sites for hydroxylation is 3. The van der Waals surface area contributed by atoms with Crippen molar-refractivity contribution in [3.63, 3.8) is 0 Å². The number of carbonyl (C=O) groups is 1. The summed E-state index contributed by atoms with van der Waals surface area (Å²) in [6.45, 7) is 2.26. The lowest BCUT2D eigenvalue weighted by Crippen LogP contribution is -2.23. The van der Waals surface area contributed by atoms with Crippen LogP contribution in [0.15, 0.2) is 42.5 Å². The van der Waals surface area contributed by atoms with E-state index in [2.05, 4.69) is 31.2 Å². The van der Waals surface area contributed by atoms with Crippen molar-refractivity contribution in [2.24, 2.45) is 5.92 Å². The van der Waals surface area contributed by atoms with E-state index < -0.39 is 0 Å². The lowest BCUT2D eigenvalue weighted by atomic mass is 9.89. The first-order chi connectivity index (χ1) is 17.2. The summed E-state index contributed by atoms with van der Waals surface area (Å²) >= 11 is 0. The molecular formula is C32H43NO2. The van der Waals surface area contributed by atoms with E-state index in [0.29, 0.717) is 5.56 Å². The Morgan fingerprint density at radius 2 is 1.49 bits per heavy atom. The number of hydrogen-bond acceptors (Lipinski definition) is 3. The van der Waals surface area contributed by atoms with Gasteiger partial charge in [0.05, 0.1) is 17.6 Å². The fourth-order valence-corrected chi connectivity index (χ4v) is 5.07. The maximum atomic E-state index is 12.9. The second-order valence-electron chi connectivity index (χ2n) is 10.2. The Bertz CT molecular complexity index is 935. The molecule has 0 heterocycles. The molecule has 1 aliphatic carbocycles. The minimum absolute atomic E-state index is 0.0476. The summed E-state index contributed by atoms with van der Waals surface area (Å²) in [6.07, 6.45) is 18.6. The summed E-state index contributed by atoms with van der Waals surface area (Å²) < 4.78 is 6.05. The van der Waals surface area contributed by atoms with Crippen molar-refractivity contribution in [1.29, 1.82) is 5.26 Å². The molecule has 35 heavy (non-hydrogen) atoms. The highest BCUT2D eigenvalue weighted by Crippen LogP contribution is 2.29. The number of nitrogens with zero attached hydrogens (tertiary/aromatic N) is 1. The first kappa shape index (κ1) is 27.0. The van der Waals surface area contributed by atoms with E-state index in [1.54, 1.807) is 0 Å². The Hall–Kier alpha value is -2.60. The zero-order valence-corrected chi connectivity index (χ0v) is 21.7. The van der Waals surface area contributed by atoms with E-state index in [-0.39, 0.29) is 11.9 Å². The maximum Gasteiger partial charge on any atom is 0.314 e. The highest BCUT2D eigenvalue weighted by Gasteiger charge is 2.24. The maximum absolute atomic E-state index is 12.9. The summed E-state index contributed by atoms with van der Waals surface area (Å²) in [6, 6.07) is 16.4. The third-order valence-corrected chi connectivity index (χ3v) is 7.37. The molecule has 0 spiro atoms. The van der Waals surface area contributed by atoms with Gasteiger partial charge in [0.15, 0.2) is 0 Å². The third-order valence-electron chi connectivity index (χ3n) is 7.37. The molecule has 2 aromatic rings. The molecule has 3 heteroatoms. The number of carbonyl (C=O) groups excluding carboxylic acids is 1. The standard InChI is InChI=1S/C32H43NO2/c1-2-3-4-5-6-7-8-10-13-27-21-23-29(22-20-26-16-18-28(25-33)19-17-26)31(24-27)35-32(34)30-14-11-9-12-15-30/h16-19,21,23-24,30H,2-15,20,22H2,1H3. The van der Waals surface area contributed by atoms with Gasteiger partial charge < -0.3 is 4.74 Å². The molecule has 1 aliphatic rings. The van der Waals surface area contributed by atoms with Crippen LogP contribution in [0.5, 0.6) is 5.75 Å². The second-order valence-corrected chi connectivity index (χ2v) is 10.2. The number of rotatable bonds is 14. The van der Waals surface area contributed by atoms with Gasteiger partial charge in [-0.25, -0.2) is 0 Å². The first-order valence-corrected chi connectivity index (χ1v) is 14.0. The van der Waals surface area contributed by atoms with E-state index >= 15 is 0 Å². The number of nitriles is 1. The Labute approximate surface area is 212 Å². The average Bonchev–Trinajstić information content (AvgIpc) is 2.90. The molecule has 1 fully saturated rings. The second kappa shape index (κ2) is 15.4. The molecule has 0 unspecified atom stereocenters. The van der Waals surface area contributed by atoms with Crippen LogP contribution in [-0.4, -0.2) is 5.97 Å². The first-order valence-electron chi connectivity index (χ1n) is 14.0. The highest BCUT2D eigenvalue weighted by atomic mass is 16.5. The molecule has 3 nitrogen and oxygen atoms in total. The van der Waals surface area contributed by atoms with Crippen LogP contribution in [0, 0.1) is 17.2 Å². The quantitative estimate of drug-likeness (QED) is 0.157. The van der Waals surface area contributed by atoms with Crippen LogP contribution >= 0.6 is 0 Å². The van der Waals surface area contributed by atoms with Crippen LogP contribution in [0.25, 0.3) is 0 Å². The molecule has 0 radical (unpaired) electrons. The van der Waals surface area contributed by atoms with E-state index in [1.165, 1.54) is 68.9 Å². The Morgan fingerprint density at radius 3 is 2.17 bits per heavy atom. The lowest BCUT2D eigenvalue weighted by Gasteiger charge is -2.21. The molecule has 0 aliphatic heterocycles. The summed E-state index contributed by atoms with van der Waals surface area (Å²) in [5.74, 6) is 0.756. The summed E-state index contributed by atoms with van der Waals surface area (Å²) in [7, 11) is 0. The normalized spacial score (nSPS) is 13.9. The fourth-order valence-electron chi connectivity index (χ4n) is 5.07. The predicted molar refractivity (Wildman–Crippen MR) is 144 cm³/mol. The molecule has 0 saturated heterocycles. The molecule has 0 N–H and O–H groups in total. The van der Waals surface area contributed by atoms with Gasteiger partial charge in [0, 0.05) is 0 Å². The van der Waals surface area contributed by atoms with Gasteiger partial charge in [0.1, 0.15) is 5.75 Å². The zero-order valence-electron chi connectivity index (χ0n) is 21.7. The van der Waals surface area contributed by atoms with Gasteiger partial charge in [-0.05, 0) is 73.4 Å². The SMILES string of the molecule is CCCCCCCCCCc1ccc(CCc2ccc(C#N)cc2)c(OC(=O)C2CCCCC2)c1. The number of ether oxygens (including phenoxy) is 1. The number of hydrogen-bond donors (Lipinski definition) is 0. The van der Waals surface area contributed by atoms with Gasteiger partial charge in [0.25, 0.3) is 0 Å². The van der Waals surface area contributed by atoms with E-state index in [1.807, 2.05) is 24.3 Å². The van der Waals surface area contributed by atoms with Crippen LogP contribution in [0.1, 0.15) is 113 Å². The van der Waals surface area contributed by atoms with Crippen molar-refractivity contribution in [2.75, 3.05) is 0 Å². The topological polar surface area (TPSA) is 50.1 Å². The smallest absolute Gasteiger partial charge is 0.314 e. The van der Waals surface area contributed by atoms with Crippen molar-refractivity contribution in [3.05, 3.63) is 64.7 Å². The third kappa shape index (κ3) is 9.52. The molecule has 3 rings (SSSR count). The highest BCUT2D eigenvalue weighted by molar-refractivity contribution is 5.75. The van der Waals surface area contributed by atoms with E-state index in [4.69, 9.17) is 10.00 Å². The van der Waals surface area contributed by atoms with E-state index in [9.17, 15) is 4.79 Å². The van der Waals surface area contributed by atoms with Crippen molar-refractivity contribution >= 4 is 5.97 Å². The summed E-state index contributed by atoms with van der Waals surface area (Å²) in [5, 5.41) is 9.03. The van der Waals surface area contributed by atoms with Crippen LogP contribution in [0.2, 0.25) is 0 Å². The minimum atomic E-state index is -0.0476. The molecule has 0 amide bonds. The average molecular weight is 474 g/mol. The van der Waals surface area contributed by atoms with Gasteiger partial charge in [0.2, 0.25) is 0 Å². The van der Waals surface area contributed by atoms with Crippen LogP contribution in [0.3, 0.4) is 0 Å². The van der Waals surface area contributed by atoms with Gasteiger partial charge in [-0.15, -0.1) is 0 Å². The van der Waals surface area contributed by atoms with E-state index in [0.717, 1.165) is 56.3 Å². The number of benzene rings is 2. The summed E-state index contributed by atoms with van der Waals surface area (Å²) in [4.78, 5) is 12.9. The molecule has 1 saturated carbocycles. The molecule has 0 aromatic heterocycles. The number of esters is 1. The van der Waals surface area contributed by atoms with Crippen molar-refractivity contribution in [2.45, 2.75) is 110 Å². The Kier molecular flexibility index (Phi) is 11.9. The van der Waals surface area contributed by atoms with Crippen molar-refractivity contribution in [1.82, 2.24) is 0 Å². The van der Waals surface area contributed by atoms with Gasteiger partial charge >= 0.3 is 5.97 Å². The largest absolute Gasteiger partial charge is 0.426 e. The Morgan fingerprint density at radius 1 is 0.829 bits per heavy atom. The number of unbranched alkanes of at least 4 members (excludes halogenated alkanes) is 7. The fraction of sp³-hybridized carbons (Fsp3) is 0.562. The molecule has 0 atom stereocenters. The van der Waals surface area contributed by atoms with Crippen molar-refractivity contribution in [3.8, 4) is 11.8 Å². The Balaban J connectivity index is 1.59. The van der Waals surface area contributed by atoms with Gasteiger partial charge in [-0.1, -0.05) is 95.4 Å².